The van der Waals surface area contributed by atoms with Crippen LogP contribution >= 0.6 is 0 Å². The summed E-state index contributed by atoms with van der Waals surface area (Å²) >= 11 is 0. The van der Waals surface area contributed by atoms with E-state index in [1.54, 1.807) is 19.2 Å². The van der Waals surface area contributed by atoms with Gasteiger partial charge in [0.2, 0.25) is 5.91 Å². The molecule has 3 aromatic rings. The highest BCUT2D eigenvalue weighted by Crippen LogP contribution is 2.16. The van der Waals surface area contributed by atoms with Crippen LogP contribution in [0.1, 0.15) is 12.0 Å². The fraction of sp³-hybridized carbons (Fsp3) is 0.176. The molecule has 112 valence electrons. The summed E-state index contributed by atoms with van der Waals surface area (Å²) in [7, 11) is 1.71. The summed E-state index contributed by atoms with van der Waals surface area (Å²) < 4.78 is 1.54. The van der Waals surface area contributed by atoms with E-state index < -0.39 is 0 Å². The molecule has 0 saturated heterocycles. The van der Waals surface area contributed by atoms with Gasteiger partial charge in [-0.1, -0.05) is 30.3 Å². The monoisotopic (exact) mass is 295 g/mol. The van der Waals surface area contributed by atoms with Crippen molar-refractivity contribution < 1.29 is 4.79 Å². The average molecular weight is 295 g/mol. The maximum Gasteiger partial charge on any atom is 0.326 e. The Kier molecular flexibility index (Phi) is 3.78. The third-order valence-electron chi connectivity index (χ3n) is 3.67. The number of anilines is 1. The number of benzene rings is 2. The fourth-order valence-corrected chi connectivity index (χ4v) is 2.44. The molecule has 22 heavy (non-hydrogen) atoms. The number of imidazole rings is 1. The van der Waals surface area contributed by atoms with Gasteiger partial charge in [0.25, 0.3) is 0 Å². The maximum atomic E-state index is 12.0. The van der Waals surface area contributed by atoms with Gasteiger partial charge in [0.05, 0.1) is 11.0 Å². The van der Waals surface area contributed by atoms with Crippen molar-refractivity contribution in [2.75, 3.05) is 5.32 Å². The third kappa shape index (κ3) is 2.93. The lowest BCUT2D eigenvalue weighted by molar-refractivity contribution is -0.116. The first-order valence-corrected chi connectivity index (χ1v) is 7.16. The molecule has 1 amide bonds. The standard InChI is InChI=1S/C17H17N3O2/c1-20-15-9-8-13(11-14(15)19-17(20)22)18-16(21)10-7-12-5-3-2-4-6-12/h2-6,8-9,11H,7,10H2,1H3,(H,18,21)(H,19,22). The molecule has 0 bridgehead atoms. The number of carbonyl (C=O) groups excluding carboxylic acids is 1. The smallest absolute Gasteiger partial charge is 0.326 e. The summed E-state index contributed by atoms with van der Waals surface area (Å²) in [6, 6.07) is 15.3. The van der Waals surface area contributed by atoms with Crippen molar-refractivity contribution in [3.8, 4) is 0 Å². The first-order chi connectivity index (χ1) is 10.6. The van der Waals surface area contributed by atoms with Gasteiger partial charge in [-0.15, -0.1) is 0 Å². The molecule has 2 aromatic carbocycles. The lowest BCUT2D eigenvalue weighted by Crippen LogP contribution is -2.12. The second-order valence-electron chi connectivity index (χ2n) is 5.25. The van der Waals surface area contributed by atoms with E-state index in [0.29, 0.717) is 24.0 Å². The van der Waals surface area contributed by atoms with Crippen LogP contribution in [0, 0.1) is 0 Å². The van der Waals surface area contributed by atoms with Gasteiger partial charge in [0.1, 0.15) is 0 Å². The van der Waals surface area contributed by atoms with E-state index in [1.165, 1.54) is 4.57 Å². The van der Waals surface area contributed by atoms with Crippen LogP contribution in [0.25, 0.3) is 11.0 Å². The van der Waals surface area contributed by atoms with Gasteiger partial charge in [-0.3, -0.25) is 9.36 Å². The predicted molar refractivity (Wildman–Crippen MR) is 86.9 cm³/mol. The summed E-state index contributed by atoms with van der Waals surface area (Å²) in [4.78, 5) is 26.3. The molecule has 0 unspecified atom stereocenters. The third-order valence-corrected chi connectivity index (χ3v) is 3.67. The molecular formula is C17H17N3O2. The van der Waals surface area contributed by atoms with Crippen LogP contribution in [0.15, 0.2) is 53.3 Å². The minimum Gasteiger partial charge on any atom is -0.326 e. The van der Waals surface area contributed by atoms with Crippen molar-refractivity contribution in [2.45, 2.75) is 12.8 Å². The van der Waals surface area contributed by atoms with Gasteiger partial charge < -0.3 is 10.3 Å². The Bertz CT molecular complexity index is 862. The number of nitrogens with zero attached hydrogens (tertiary/aromatic N) is 1. The quantitative estimate of drug-likeness (QED) is 0.776. The maximum absolute atomic E-state index is 12.0. The highest BCUT2D eigenvalue weighted by molar-refractivity contribution is 5.93. The second kappa shape index (κ2) is 5.89. The zero-order valence-corrected chi connectivity index (χ0v) is 12.3. The van der Waals surface area contributed by atoms with Gasteiger partial charge in [0.15, 0.2) is 0 Å². The number of hydrogen-bond donors (Lipinski definition) is 2. The molecule has 0 spiro atoms. The molecule has 5 nitrogen and oxygen atoms in total. The molecule has 2 N–H and O–H groups in total. The number of rotatable bonds is 4. The van der Waals surface area contributed by atoms with Gasteiger partial charge in [-0.05, 0) is 30.2 Å². The lowest BCUT2D eigenvalue weighted by atomic mass is 10.1. The molecule has 0 atom stereocenters. The topological polar surface area (TPSA) is 66.9 Å². The summed E-state index contributed by atoms with van der Waals surface area (Å²) in [5, 5.41) is 2.86. The molecule has 1 heterocycles. The van der Waals surface area contributed by atoms with Crippen molar-refractivity contribution in [2.24, 2.45) is 7.05 Å². The van der Waals surface area contributed by atoms with Gasteiger partial charge in [-0.25, -0.2) is 4.79 Å². The molecular weight excluding hydrogens is 278 g/mol. The van der Waals surface area contributed by atoms with Crippen LogP contribution in [0.4, 0.5) is 5.69 Å². The Balaban J connectivity index is 1.67. The van der Waals surface area contributed by atoms with Gasteiger partial charge in [0, 0.05) is 19.2 Å². The zero-order chi connectivity index (χ0) is 15.5. The van der Waals surface area contributed by atoms with Crippen LogP contribution in [0.2, 0.25) is 0 Å². The van der Waals surface area contributed by atoms with Crippen molar-refractivity contribution in [1.29, 1.82) is 0 Å². The number of aromatic amines is 1. The molecule has 3 rings (SSSR count). The Morgan fingerprint density at radius 1 is 1.18 bits per heavy atom. The lowest BCUT2D eigenvalue weighted by Gasteiger charge is -2.06. The largest absolute Gasteiger partial charge is 0.326 e. The van der Waals surface area contributed by atoms with Crippen molar-refractivity contribution in [3.63, 3.8) is 0 Å². The van der Waals surface area contributed by atoms with E-state index in [9.17, 15) is 9.59 Å². The van der Waals surface area contributed by atoms with Gasteiger partial charge >= 0.3 is 5.69 Å². The minimum atomic E-state index is -0.164. The summed E-state index contributed by atoms with van der Waals surface area (Å²) in [6.07, 6.45) is 1.13. The first kappa shape index (κ1) is 14.1. The van der Waals surface area contributed by atoms with Crippen LogP contribution in [0.5, 0.6) is 0 Å². The number of aromatic nitrogens is 2. The molecule has 1 aromatic heterocycles. The van der Waals surface area contributed by atoms with E-state index in [1.807, 2.05) is 36.4 Å². The SMILES string of the molecule is Cn1c(=O)[nH]c2cc(NC(=O)CCc3ccccc3)ccc21. The number of fused-ring (bicyclic) bond motifs is 1. The summed E-state index contributed by atoms with van der Waals surface area (Å²) in [5.41, 5.74) is 3.19. The highest BCUT2D eigenvalue weighted by Gasteiger charge is 2.06. The predicted octanol–water partition coefficient (Wildman–Crippen LogP) is 2.44. The van der Waals surface area contributed by atoms with Crippen LogP contribution in [-0.2, 0) is 18.3 Å². The highest BCUT2D eigenvalue weighted by atomic mass is 16.2. The molecule has 0 fully saturated rings. The molecule has 0 aliphatic heterocycles. The van der Waals surface area contributed by atoms with Gasteiger partial charge in [-0.2, -0.15) is 0 Å². The van der Waals surface area contributed by atoms with E-state index in [0.717, 1.165) is 11.1 Å². The molecule has 0 radical (unpaired) electrons. The number of carbonyl (C=O) groups is 1. The Labute approximate surface area is 127 Å². The molecule has 0 aliphatic carbocycles. The minimum absolute atomic E-state index is 0.0403. The first-order valence-electron chi connectivity index (χ1n) is 7.16. The second-order valence-corrected chi connectivity index (χ2v) is 5.25. The van der Waals surface area contributed by atoms with Crippen LogP contribution < -0.4 is 11.0 Å². The fourth-order valence-electron chi connectivity index (χ4n) is 2.44. The van der Waals surface area contributed by atoms with Crippen LogP contribution in [0.3, 0.4) is 0 Å². The van der Waals surface area contributed by atoms with Crippen molar-refractivity contribution >= 4 is 22.6 Å². The zero-order valence-electron chi connectivity index (χ0n) is 12.3. The summed E-state index contributed by atoms with van der Waals surface area (Å²) in [6.45, 7) is 0. The Hall–Kier alpha value is -2.82. The van der Waals surface area contributed by atoms with Crippen molar-refractivity contribution in [1.82, 2.24) is 9.55 Å². The Morgan fingerprint density at radius 3 is 2.73 bits per heavy atom. The normalized spacial score (nSPS) is 10.8. The van der Waals surface area contributed by atoms with Crippen molar-refractivity contribution in [3.05, 3.63) is 64.6 Å². The number of aryl methyl sites for hydroxylation is 2. The Morgan fingerprint density at radius 2 is 1.95 bits per heavy atom. The molecule has 0 saturated carbocycles. The summed E-state index contributed by atoms with van der Waals surface area (Å²) in [5.74, 6) is -0.0403. The number of amides is 1. The average Bonchev–Trinajstić information content (AvgIpc) is 2.81. The van der Waals surface area contributed by atoms with E-state index in [4.69, 9.17) is 0 Å². The van der Waals surface area contributed by atoms with E-state index in [2.05, 4.69) is 10.3 Å². The number of H-pyrrole nitrogens is 1. The molecule has 5 heteroatoms. The van der Waals surface area contributed by atoms with E-state index in [-0.39, 0.29) is 11.6 Å². The molecule has 0 aliphatic rings. The van der Waals surface area contributed by atoms with Crippen LogP contribution in [-0.4, -0.2) is 15.5 Å². The number of hydrogen-bond acceptors (Lipinski definition) is 2. The van der Waals surface area contributed by atoms with E-state index >= 15 is 0 Å². The number of nitrogens with one attached hydrogen (secondary N) is 2.